The molecule has 2 nitrogen and oxygen atoms in total. The summed E-state index contributed by atoms with van der Waals surface area (Å²) in [7, 11) is 0. The van der Waals surface area contributed by atoms with Crippen LogP contribution in [-0.2, 0) is 4.79 Å². The highest BCUT2D eigenvalue weighted by atomic mass is 16.1. The van der Waals surface area contributed by atoms with Crippen molar-refractivity contribution in [2.75, 3.05) is 6.54 Å². The van der Waals surface area contributed by atoms with E-state index in [1.54, 1.807) is 0 Å². The molecule has 0 aromatic carbocycles. The van der Waals surface area contributed by atoms with Gasteiger partial charge in [-0.25, -0.2) is 0 Å². The third kappa shape index (κ3) is 2.79. The first kappa shape index (κ1) is 14.0. The summed E-state index contributed by atoms with van der Waals surface area (Å²) in [6.45, 7) is 2.84. The van der Waals surface area contributed by atoms with Crippen molar-refractivity contribution in [3.05, 3.63) is 0 Å². The molecule has 0 radical (unpaired) electrons. The van der Waals surface area contributed by atoms with Gasteiger partial charge in [0.2, 0.25) is 0 Å². The van der Waals surface area contributed by atoms with Crippen LogP contribution in [0.25, 0.3) is 0 Å². The molecule has 0 spiro atoms. The Labute approximate surface area is 112 Å². The highest BCUT2D eigenvalue weighted by Gasteiger charge is 2.42. The molecule has 2 saturated carbocycles. The number of ketones is 1. The zero-order valence-electron chi connectivity index (χ0n) is 11.9. The Morgan fingerprint density at radius 2 is 1.89 bits per heavy atom. The number of hydrogen-bond donors (Lipinski definition) is 1. The third-order valence-corrected chi connectivity index (χ3v) is 5.46. The Bertz CT molecular complexity index is 281. The maximum absolute atomic E-state index is 12.9. The van der Waals surface area contributed by atoms with E-state index in [-0.39, 0.29) is 5.41 Å². The van der Waals surface area contributed by atoms with Gasteiger partial charge in [0.05, 0.1) is 0 Å². The van der Waals surface area contributed by atoms with Gasteiger partial charge in [-0.15, -0.1) is 0 Å². The van der Waals surface area contributed by atoms with E-state index in [1.807, 2.05) is 0 Å². The largest absolute Gasteiger partial charge is 0.329 e. The lowest BCUT2D eigenvalue weighted by molar-refractivity contribution is -0.135. The average Bonchev–Trinajstić information content (AvgIpc) is 2.47. The molecular weight excluding hydrogens is 222 g/mol. The van der Waals surface area contributed by atoms with Crippen molar-refractivity contribution in [3.63, 3.8) is 0 Å². The van der Waals surface area contributed by atoms with Crippen molar-refractivity contribution < 1.29 is 4.79 Å². The topological polar surface area (TPSA) is 43.1 Å². The van der Waals surface area contributed by atoms with E-state index in [4.69, 9.17) is 5.73 Å². The van der Waals surface area contributed by atoms with Gasteiger partial charge in [-0.2, -0.15) is 0 Å². The van der Waals surface area contributed by atoms with Crippen molar-refractivity contribution in [1.29, 1.82) is 0 Å². The number of nitrogens with two attached hydrogens (primary N) is 1. The summed E-state index contributed by atoms with van der Waals surface area (Å²) < 4.78 is 0. The van der Waals surface area contributed by atoms with Crippen LogP contribution in [0.1, 0.15) is 71.1 Å². The van der Waals surface area contributed by atoms with Gasteiger partial charge >= 0.3 is 0 Å². The first-order valence-corrected chi connectivity index (χ1v) is 7.96. The summed E-state index contributed by atoms with van der Waals surface area (Å²) in [4.78, 5) is 12.9. The molecule has 0 aliphatic heterocycles. The lowest BCUT2D eigenvalue weighted by Crippen LogP contribution is -2.44. The number of carbonyl (C=O) groups is 1. The quantitative estimate of drug-likeness (QED) is 0.828. The minimum absolute atomic E-state index is 0.140. The van der Waals surface area contributed by atoms with E-state index < -0.39 is 0 Å². The predicted octanol–water partition coefficient (Wildman–Crippen LogP) is 3.68. The second-order valence-electron chi connectivity index (χ2n) is 6.55. The SMILES string of the molecule is CCC1CCCC(C(=O)C2(CN)CCCCC2)C1. The molecule has 0 aromatic heterocycles. The number of carbonyl (C=O) groups excluding carboxylic acids is 1. The average molecular weight is 251 g/mol. The molecule has 2 aliphatic carbocycles. The molecule has 2 fully saturated rings. The number of rotatable bonds is 4. The standard InChI is InChI=1S/C16H29NO/c1-2-13-7-6-8-14(11-13)15(18)16(12-17)9-4-3-5-10-16/h13-14H,2-12,17H2,1H3. The van der Waals surface area contributed by atoms with Gasteiger partial charge in [-0.05, 0) is 31.6 Å². The smallest absolute Gasteiger partial charge is 0.143 e. The highest BCUT2D eigenvalue weighted by molar-refractivity contribution is 5.87. The molecule has 0 amide bonds. The first-order chi connectivity index (χ1) is 8.72. The summed E-state index contributed by atoms with van der Waals surface area (Å²) in [5, 5.41) is 0. The molecule has 0 aromatic rings. The fourth-order valence-electron chi connectivity index (χ4n) is 4.11. The van der Waals surface area contributed by atoms with Gasteiger partial charge in [0.1, 0.15) is 5.78 Å². The van der Waals surface area contributed by atoms with Gasteiger partial charge in [-0.3, -0.25) is 4.79 Å². The normalized spacial score (nSPS) is 32.1. The van der Waals surface area contributed by atoms with E-state index in [9.17, 15) is 4.79 Å². The van der Waals surface area contributed by atoms with E-state index in [2.05, 4.69) is 6.92 Å². The lowest BCUT2D eigenvalue weighted by Gasteiger charge is -2.39. The van der Waals surface area contributed by atoms with Gasteiger partial charge < -0.3 is 5.73 Å². The maximum Gasteiger partial charge on any atom is 0.143 e. The Kier molecular flexibility index (Phi) is 4.83. The number of Topliss-reactive ketones (excluding diaryl/α,β-unsaturated/α-hetero) is 1. The lowest BCUT2D eigenvalue weighted by atomic mass is 9.64. The fourth-order valence-corrected chi connectivity index (χ4v) is 4.11. The molecule has 2 rings (SSSR count). The van der Waals surface area contributed by atoms with Crippen molar-refractivity contribution in [2.45, 2.75) is 71.1 Å². The van der Waals surface area contributed by atoms with Crippen molar-refractivity contribution in [2.24, 2.45) is 23.0 Å². The Balaban J connectivity index is 2.04. The summed E-state index contributed by atoms with van der Waals surface area (Å²) in [5.41, 5.74) is 5.85. The van der Waals surface area contributed by atoms with Gasteiger partial charge in [-0.1, -0.05) is 45.4 Å². The summed E-state index contributed by atoms with van der Waals surface area (Å²) in [6, 6.07) is 0. The highest BCUT2D eigenvalue weighted by Crippen LogP contribution is 2.42. The molecule has 2 atom stereocenters. The van der Waals surface area contributed by atoms with Crippen LogP contribution in [0.4, 0.5) is 0 Å². The Hall–Kier alpha value is -0.370. The van der Waals surface area contributed by atoms with Crippen LogP contribution in [0, 0.1) is 17.3 Å². The van der Waals surface area contributed by atoms with Crippen LogP contribution in [0.2, 0.25) is 0 Å². The Morgan fingerprint density at radius 3 is 2.50 bits per heavy atom. The zero-order chi connectivity index (χ0) is 13.0. The van der Waals surface area contributed by atoms with Gasteiger partial charge in [0, 0.05) is 17.9 Å². The molecule has 18 heavy (non-hydrogen) atoms. The van der Waals surface area contributed by atoms with Crippen molar-refractivity contribution >= 4 is 5.78 Å². The van der Waals surface area contributed by atoms with Crippen LogP contribution < -0.4 is 5.73 Å². The molecule has 0 saturated heterocycles. The van der Waals surface area contributed by atoms with Gasteiger partial charge in [0.15, 0.2) is 0 Å². The van der Waals surface area contributed by atoms with E-state index in [0.717, 1.165) is 31.6 Å². The van der Waals surface area contributed by atoms with Crippen LogP contribution in [0.3, 0.4) is 0 Å². The molecular formula is C16H29NO. The van der Waals surface area contributed by atoms with E-state index in [1.165, 1.54) is 38.5 Å². The number of hydrogen-bond acceptors (Lipinski definition) is 2. The second kappa shape index (κ2) is 6.18. The molecule has 2 N–H and O–H groups in total. The van der Waals surface area contributed by atoms with Crippen molar-refractivity contribution in [1.82, 2.24) is 0 Å². The third-order valence-electron chi connectivity index (χ3n) is 5.46. The molecule has 0 heterocycles. The minimum Gasteiger partial charge on any atom is -0.329 e. The minimum atomic E-state index is -0.140. The maximum atomic E-state index is 12.9. The van der Waals surface area contributed by atoms with Crippen LogP contribution >= 0.6 is 0 Å². The molecule has 0 bridgehead atoms. The summed E-state index contributed by atoms with van der Waals surface area (Å²) in [5.74, 6) is 1.64. The van der Waals surface area contributed by atoms with E-state index in [0.29, 0.717) is 18.2 Å². The monoisotopic (exact) mass is 251 g/mol. The summed E-state index contributed by atoms with van der Waals surface area (Å²) in [6.07, 6.45) is 11.9. The predicted molar refractivity (Wildman–Crippen MR) is 75.3 cm³/mol. The van der Waals surface area contributed by atoms with Crippen LogP contribution in [0.5, 0.6) is 0 Å². The fraction of sp³-hybridized carbons (Fsp3) is 0.938. The molecule has 2 aliphatic rings. The second-order valence-corrected chi connectivity index (χ2v) is 6.55. The van der Waals surface area contributed by atoms with Crippen molar-refractivity contribution in [3.8, 4) is 0 Å². The first-order valence-electron chi connectivity index (χ1n) is 7.96. The molecule has 2 heteroatoms. The Morgan fingerprint density at radius 1 is 1.17 bits per heavy atom. The van der Waals surface area contributed by atoms with Crippen LogP contribution in [-0.4, -0.2) is 12.3 Å². The van der Waals surface area contributed by atoms with E-state index >= 15 is 0 Å². The van der Waals surface area contributed by atoms with Gasteiger partial charge in [0.25, 0.3) is 0 Å². The van der Waals surface area contributed by atoms with Crippen LogP contribution in [0.15, 0.2) is 0 Å². The molecule has 104 valence electrons. The molecule has 2 unspecified atom stereocenters. The summed E-state index contributed by atoms with van der Waals surface area (Å²) >= 11 is 0. The zero-order valence-corrected chi connectivity index (χ0v) is 11.9.